The first-order chi connectivity index (χ1) is 11.0. The van der Waals surface area contributed by atoms with E-state index in [2.05, 4.69) is 5.10 Å². The van der Waals surface area contributed by atoms with Crippen molar-refractivity contribution < 1.29 is 13.2 Å². The molecule has 1 saturated heterocycles. The van der Waals surface area contributed by atoms with Crippen LogP contribution in [0.2, 0.25) is 0 Å². The number of aromatic nitrogens is 2. The van der Waals surface area contributed by atoms with E-state index in [0.29, 0.717) is 24.1 Å². The molecule has 0 N–H and O–H groups in total. The van der Waals surface area contributed by atoms with E-state index in [1.807, 2.05) is 13.8 Å². The zero-order valence-electron chi connectivity index (χ0n) is 14.0. The van der Waals surface area contributed by atoms with E-state index < -0.39 is 10.0 Å². The van der Waals surface area contributed by atoms with Crippen LogP contribution in [0.3, 0.4) is 0 Å². The number of nitrogens with zero attached hydrogens (tertiary/aromatic N) is 3. The van der Waals surface area contributed by atoms with Gasteiger partial charge in [0.15, 0.2) is 0 Å². The molecule has 1 aromatic heterocycles. The van der Waals surface area contributed by atoms with Crippen molar-refractivity contribution in [3.63, 3.8) is 0 Å². The summed E-state index contributed by atoms with van der Waals surface area (Å²) in [7, 11) is -3.43. The molecule has 1 saturated carbocycles. The highest BCUT2D eigenvalue weighted by molar-refractivity contribution is 7.89. The Balaban J connectivity index is 1.59. The highest BCUT2D eigenvalue weighted by Crippen LogP contribution is 2.27. The lowest BCUT2D eigenvalue weighted by Gasteiger charge is -2.32. The average molecular weight is 341 g/mol. The van der Waals surface area contributed by atoms with E-state index in [1.54, 1.807) is 15.2 Å². The lowest BCUT2D eigenvalue weighted by Crippen LogP contribution is -2.41. The molecule has 23 heavy (non-hydrogen) atoms. The van der Waals surface area contributed by atoms with Gasteiger partial charge in [-0.2, -0.15) is 9.40 Å². The number of piperidine rings is 1. The molecule has 130 valence electrons. The first-order valence-electron chi connectivity index (χ1n) is 8.66. The molecule has 0 bridgehead atoms. The molecule has 3 rings (SSSR count). The Hall–Kier alpha value is -0.920. The van der Waals surface area contributed by atoms with Crippen molar-refractivity contribution in [1.82, 2.24) is 14.1 Å². The Bertz CT molecular complexity index is 612. The average Bonchev–Trinajstić information content (AvgIpc) is 3.19. The Labute approximate surface area is 138 Å². The molecule has 0 aromatic carbocycles. The molecule has 0 atom stereocenters. The number of hydrogen-bond donors (Lipinski definition) is 0. The third-order valence-corrected chi connectivity index (χ3v) is 6.68. The van der Waals surface area contributed by atoms with Gasteiger partial charge in [0.1, 0.15) is 4.90 Å². The van der Waals surface area contributed by atoms with Crippen molar-refractivity contribution in [2.45, 2.75) is 75.5 Å². The van der Waals surface area contributed by atoms with E-state index in [9.17, 15) is 8.42 Å². The summed E-state index contributed by atoms with van der Waals surface area (Å²) in [5.41, 5.74) is 0. The molecule has 0 amide bonds. The van der Waals surface area contributed by atoms with Gasteiger partial charge in [-0.3, -0.25) is 4.68 Å². The van der Waals surface area contributed by atoms with Crippen molar-refractivity contribution in [3.05, 3.63) is 12.4 Å². The molecule has 0 spiro atoms. The Kier molecular flexibility index (Phi) is 5.08. The van der Waals surface area contributed by atoms with E-state index >= 15 is 0 Å². The van der Waals surface area contributed by atoms with Gasteiger partial charge in [-0.1, -0.05) is 12.8 Å². The molecular weight excluding hydrogens is 314 g/mol. The van der Waals surface area contributed by atoms with Crippen LogP contribution in [0.25, 0.3) is 0 Å². The largest absolute Gasteiger partial charge is 0.375 e. The maximum Gasteiger partial charge on any atom is 0.246 e. The Morgan fingerprint density at radius 2 is 1.74 bits per heavy atom. The predicted octanol–water partition coefficient (Wildman–Crippen LogP) is 2.58. The van der Waals surface area contributed by atoms with Gasteiger partial charge < -0.3 is 4.74 Å². The maximum atomic E-state index is 12.7. The minimum atomic E-state index is -3.43. The normalized spacial score (nSPS) is 22.2. The van der Waals surface area contributed by atoms with Gasteiger partial charge in [0.2, 0.25) is 10.0 Å². The lowest BCUT2D eigenvalue weighted by atomic mass is 10.1. The fraction of sp³-hybridized carbons (Fsp3) is 0.812. The van der Waals surface area contributed by atoms with E-state index in [-0.39, 0.29) is 12.1 Å². The summed E-state index contributed by atoms with van der Waals surface area (Å²) in [5.74, 6) is 0. The summed E-state index contributed by atoms with van der Waals surface area (Å²) >= 11 is 0. The monoisotopic (exact) mass is 341 g/mol. The van der Waals surface area contributed by atoms with E-state index in [4.69, 9.17) is 4.74 Å². The molecule has 2 aliphatic rings. The van der Waals surface area contributed by atoms with E-state index in [1.165, 1.54) is 19.0 Å². The third kappa shape index (κ3) is 3.78. The first kappa shape index (κ1) is 16.9. The molecule has 0 radical (unpaired) electrons. The van der Waals surface area contributed by atoms with E-state index in [0.717, 1.165) is 25.7 Å². The van der Waals surface area contributed by atoms with Crippen molar-refractivity contribution in [1.29, 1.82) is 0 Å². The summed E-state index contributed by atoms with van der Waals surface area (Å²) in [6, 6.07) is 0.157. The molecule has 6 nitrogen and oxygen atoms in total. The number of ether oxygens (including phenoxy) is 1. The second-order valence-corrected chi connectivity index (χ2v) is 8.83. The summed E-state index contributed by atoms with van der Waals surface area (Å²) < 4.78 is 34.8. The molecular formula is C16H27N3O3S. The quantitative estimate of drug-likeness (QED) is 0.826. The second-order valence-electron chi connectivity index (χ2n) is 6.90. The molecule has 1 aliphatic heterocycles. The van der Waals surface area contributed by atoms with Crippen molar-refractivity contribution in [3.8, 4) is 0 Å². The van der Waals surface area contributed by atoms with Crippen LogP contribution in [0.5, 0.6) is 0 Å². The lowest BCUT2D eigenvalue weighted by molar-refractivity contribution is -0.0302. The topological polar surface area (TPSA) is 64.4 Å². The molecule has 2 fully saturated rings. The summed E-state index contributed by atoms with van der Waals surface area (Å²) in [6.07, 6.45) is 10.1. The van der Waals surface area contributed by atoms with Crippen molar-refractivity contribution in [2.24, 2.45) is 0 Å². The standard InChI is InChI=1S/C16H27N3O3S/c1-13(2)19-12-16(11-17-19)23(20,21)18-9-7-15(8-10-18)22-14-5-3-4-6-14/h11-15H,3-10H2,1-2H3. The van der Waals surface area contributed by atoms with Crippen LogP contribution in [0.15, 0.2) is 17.3 Å². The third-order valence-electron chi connectivity index (χ3n) is 4.83. The van der Waals surface area contributed by atoms with Crippen molar-refractivity contribution >= 4 is 10.0 Å². The van der Waals surface area contributed by atoms with Gasteiger partial charge in [0.25, 0.3) is 0 Å². The molecule has 0 unspecified atom stereocenters. The first-order valence-corrected chi connectivity index (χ1v) is 10.1. The zero-order valence-corrected chi connectivity index (χ0v) is 14.8. The van der Waals surface area contributed by atoms with Crippen LogP contribution in [-0.4, -0.2) is 47.8 Å². The summed E-state index contributed by atoms with van der Waals surface area (Å²) in [4.78, 5) is 0.293. The highest BCUT2D eigenvalue weighted by atomic mass is 32.2. The molecule has 7 heteroatoms. The van der Waals surface area contributed by atoms with Crippen LogP contribution in [0.1, 0.15) is 58.4 Å². The fourth-order valence-electron chi connectivity index (χ4n) is 3.39. The van der Waals surface area contributed by atoms with Crippen LogP contribution in [0, 0.1) is 0 Å². The second kappa shape index (κ2) is 6.91. The van der Waals surface area contributed by atoms with Gasteiger partial charge in [0.05, 0.1) is 18.4 Å². The minimum Gasteiger partial charge on any atom is -0.375 e. The zero-order chi connectivity index (χ0) is 16.4. The van der Waals surface area contributed by atoms with Gasteiger partial charge in [-0.25, -0.2) is 8.42 Å². The molecule has 1 aliphatic carbocycles. The number of rotatable bonds is 5. The molecule has 1 aromatic rings. The van der Waals surface area contributed by atoms with Crippen LogP contribution < -0.4 is 0 Å². The fourth-order valence-corrected chi connectivity index (χ4v) is 4.80. The van der Waals surface area contributed by atoms with Gasteiger partial charge in [0, 0.05) is 25.3 Å². The van der Waals surface area contributed by atoms with Crippen LogP contribution in [0.4, 0.5) is 0 Å². The highest BCUT2D eigenvalue weighted by Gasteiger charge is 2.32. The van der Waals surface area contributed by atoms with Gasteiger partial charge >= 0.3 is 0 Å². The minimum absolute atomic E-state index is 0.157. The molecule has 2 heterocycles. The Morgan fingerprint density at radius 3 is 2.30 bits per heavy atom. The number of sulfonamides is 1. The van der Waals surface area contributed by atoms with Crippen LogP contribution in [-0.2, 0) is 14.8 Å². The SMILES string of the molecule is CC(C)n1cc(S(=O)(=O)N2CCC(OC3CCCC3)CC2)cn1. The maximum absolute atomic E-state index is 12.7. The number of hydrogen-bond acceptors (Lipinski definition) is 4. The van der Waals surface area contributed by atoms with Gasteiger partial charge in [-0.05, 0) is 39.5 Å². The smallest absolute Gasteiger partial charge is 0.246 e. The van der Waals surface area contributed by atoms with Crippen molar-refractivity contribution in [2.75, 3.05) is 13.1 Å². The predicted molar refractivity (Wildman–Crippen MR) is 87.7 cm³/mol. The van der Waals surface area contributed by atoms with Crippen LogP contribution >= 0.6 is 0 Å². The summed E-state index contributed by atoms with van der Waals surface area (Å²) in [5, 5.41) is 4.15. The summed E-state index contributed by atoms with van der Waals surface area (Å²) in [6.45, 7) is 5.03. The van der Waals surface area contributed by atoms with Gasteiger partial charge in [-0.15, -0.1) is 0 Å². The Morgan fingerprint density at radius 1 is 1.13 bits per heavy atom.